The Kier molecular flexibility index (Phi) is 2.96. The van der Waals surface area contributed by atoms with E-state index in [1.165, 1.54) is 16.2 Å². The Morgan fingerprint density at radius 3 is 2.53 bits per heavy atom. The minimum Gasteiger partial charge on any atom is -0.288 e. The van der Waals surface area contributed by atoms with Crippen molar-refractivity contribution in [1.82, 2.24) is 0 Å². The van der Waals surface area contributed by atoms with Gasteiger partial charge in [0, 0.05) is 15.8 Å². The van der Waals surface area contributed by atoms with E-state index in [1.54, 1.807) is 23.5 Å². The van der Waals surface area contributed by atoms with Gasteiger partial charge in [0.05, 0.1) is 9.21 Å². The topological polar surface area (TPSA) is 17.1 Å². The van der Waals surface area contributed by atoms with Gasteiger partial charge in [0.1, 0.15) is 0 Å². The Morgan fingerprint density at radius 1 is 1.33 bits per heavy atom. The quantitative estimate of drug-likeness (QED) is 0.732. The summed E-state index contributed by atoms with van der Waals surface area (Å²) in [5.41, 5.74) is 1.88. The van der Waals surface area contributed by atoms with Crippen molar-refractivity contribution in [3.8, 4) is 0 Å². The minimum absolute atomic E-state index is 0.0775. The van der Waals surface area contributed by atoms with Crippen molar-refractivity contribution >= 4 is 40.1 Å². The summed E-state index contributed by atoms with van der Waals surface area (Å²) in [7, 11) is 0. The van der Waals surface area contributed by atoms with Crippen LogP contribution in [0.1, 0.15) is 25.7 Å². The van der Waals surface area contributed by atoms with Crippen LogP contribution in [0.3, 0.4) is 0 Å². The van der Waals surface area contributed by atoms with Gasteiger partial charge in [0.25, 0.3) is 0 Å². The van der Waals surface area contributed by atoms with Crippen LogP contribution >= 0.6 is 34.3 Å². The monoisotopic (exact) mass is 256 g/mol. The first-order valence-corrected chi connectivity index (χ1v) is 6.51. The molecule has 0 aliphatic rings. The first-order valence-electron chi connectivity index (χ1n) is 4.44. The molecule has 2 heterocycles. The molecule has 2 rings (SSSR count). The Hall–Kier alpha value is -0.640. The molecule has 1 nitrogen and oxygen atoms in total. The first kappa shape index (κ1) is 10.9. The van der Waals surface area contributed by atoms with Gasteiger partial charge >= 0.3 is 0 Å². The lowest BCUT2D eigenvalue weighted by Crippen LogP contribution is -1.98. The van der Waals surface area contributed by atoms with Crippen LogP contribution in [-0.4, -0.2) is 5.78 Å². The summed E-state index contributed by atoms with van der Waals surface area (Å²) in [5.74, 6) is 0.0775. The fraction of sp³-hybridized carbons (Fsp3) is 0.182. The van der Waals surface area contributed by atoms with Crippen LogP contribution in [0.25, 0.3) is 0 Å². The fourth-order valence-electron chi connectivity index (χ4n) is 1.31. The number of thiophene rings is 2. The van der Waals surface area contributed by atoms with Crippen LogP contribution < -0.4 is 0 Å². The summed E-state index contributed by atoms with van der Waals surface area (Å²) in [6, 6.07) is 3.54. The van der Waals surface area contributed by atoms with Crippen molar-refractivity contribution in [2.75, 3.05) is 0 Å². The van der Waals surface area contributed by atoms with Gasteiger partial charge in [0.15, 0.2) is 0 Å². The molecule has 78 valence electrons. The second-order valence-corrected chi connectivity index (χ2v) is 6.06. The summed E-state index contributed by atoms with van der Waals surface area (Å²) in [6.45, 7) is 4.01. The zero-order chi connectivity index (χ0) is 11.0. The highest BCUT2D eigenvalue weighted by atomic mass is 35.5. The molecule has 0 radical (unpaired) electrons. The van der Waals surface area contributed by atoms with Gasteiger partial charge in [-0.05, 0) is 31.5 Å². The van der Waals surface area contributed by atoms with E-state index >= 15 is 0 Å². The van der Waals surface area contributed by atoms with Gasteiger partial charge in [-0.1, -0.05) is 11.6 Å². The summed E-state index contributed by atoms with van der Waals surface area (Å²) < 4.78 is 0.656. The fourth-order valence-corrected chi connectivity index (χ4v) is 3.17. The SMILES string of the molecule is Cc1scc(C(=O)c2ccc(Cl)s2)c1C. The van der Waals surface area contributed by atoms with Crippen molar-refractivity contribution < 1.29 is 4.79 Å². The predicted octanol–water partition coefficient (Wildman–Crippen LogP) is 4.31. The lowest BCUT2D eigenvalue weighted by atomic mass is 10.1. The molecule has 0 aliphatic carbocycles. The molecular weight excluding hydrogens is 248 g/mol. The van der Waals surface area contributed by atoms with Gasteiger partial charge in [-0.2, -0.15) is 0 Å². The van der Waals surface area contributed by atoms with Crippen molar-refractivity contribution in [1.29, 1.82) is 0 Å². The molecule has 15 heavy (non-hydrogen) atoms. The van der Waals surface area contributed by atoms with E-state index in [1.807, 2.05) is 19.2 Å². The molecule has 0 spiro atoms. The van der Waals surface area contributed by atoms with E-state index in [-0.39, 0.29) is 5.78 Å². The highest BCUT2D eigenvalue weighted by Gasteiger charge is 2.16. The predicted molar refractivity (Wildman–Crippen MR) is 66.6 cm³/mol. The van der Waals surface area contributed by atoms with Crippen molar-refractivity contribution in [2.24, 2.45) is 0 Å². The third-order valence-electron chi connectivity index (χ3n) is 2.33. The summed E-state index contributed by atoms with van der Waals surface area (Å²) in [5, 5.41) is 1.92. The molecule has 0 saturated heterocycles. The molecule has 0 saturated carbocycles. The number of ketones is 1. The lowest BCUT2D eigenvalue weighted by molar-refractivity contribution is 0.104. The number of carbonyl (C=O) groups excluding carboxylic acids is 1. The van der Waals surface area contributed by atoms with E-state index in [2.05, 4.69) is 0 Å². The second-order valence-electron chi connectivity index (χ2n) is 3.26. The summed E-state index contributed by atoms with van der Waals surface area (Å²) in [4.78, 5) is 14.0. The van der Waals surface area contributed by atoms with Crippen molar-refractivity contribution in [2.45, 2.75) is 13.8 Å². The van der Waals surface area contributed by atoms with E-state index in [9.17, 15) is 4.79 Å². The van der Waals surface area contributed by atoms with E-state index < -0.39 is 0 Å². The number of rotatable bonds is 2. The molecule has 4 heteroatoms. The third kappa shape index (κ3) is 2.00. The zero-order valence-corrected chi connectivity index (χ0v) is 10.7. The lowest BCUT2D eigenvalue weighted by Gasteiger charge is -1.96. The molecule has 2 aromatic heterocycles. The van der Waals surface area contributed by atoms with Crippen LogP contribution in [0.15, 0.2) is 17.5 Å². The molecule has 0 atom stereocenters. The van der Waals surface area contributed by atoms with E-state index in [0.29, 0.717) is 9.21 Å². The number of aryl methyl sites for hydroxylation is 1. The van der Waals surface area contributed by atoms with E-state index in [4.69, 9.17) is 11.6 Å². The van der Waals surface area contributed by atoms with Gasteiger partial charge in [0.2, 0.25) is 5.78 Å². The molecule has 0 aliphatic heterocycles. The van der Waals surface area contributed by atoms with Crippen LogP contribution in [0.5, 0.6) is 0 Å². The minimum atomic E-state index is 0.0775. The van der Waals surface area contributed by atoms with Crippen LogP contribution in [0.2, 0.25) is 4.34 Å². The number of hydrogen-bond acceptors (Lipinski definition) is 3. The maximum Gasteiger partial charge on any atom is 0.204 e. The Bertz CT molecular complexity index is 510. The van der Waals surface area contributed by atoms with Crippen LogP contribution in [-0.2, 0) is 0 Å². The number of halogens is 1. The second kappa shape index (κ2) is 4.08. The highest BCUT2D eigenvalue weighted by molar-refractivity contribution is 7.18. The maximum atomic E-state index is 12.1. The third-order valence-corrected chi connectivity index (χ3v) is 4.57. The largest absolute Gasteiger partial charge is 0.288 e. The smallest absolute Gasteiger partial charge is 0.204 e. The molecule has 0 aromatic carbocycles. The van der Waals surface area contributed by atoms with Gasteiger partial charge < -0.3 is 0 Å². The molecule has 0 unspecified atom stereocenters. The number of hydrogen-bond donors (Lipinski definition) is 0. The molecule has 2 aromatic rings. The molecule has 0 N–H and O–H groups in total. The molecule has 0 bridgehead atoms. The van der Waals surface area contributed by atoms with Gasteiger partial charge in [-0.25, -0.2) is 0 Å². The Labute approximate surface area is 101 Å². The molecular formula is C11H9ClOS2. The van der Waals surface area contributed by atoms with Crippen LogP contribution in [0, 0.1) is 13.8 Å². The zero-order valence-electron chi connectivity index (χ0n) is 8.33. The normalized spacial score (nSPS) is 10.6. The summed E-state index contributed by atoms with van der Waals surface area (Å²) in [6.07, 6.45) is 0. The maximum absolute atomic E-state index is 12.1. The molecule has 0 amide bonds. The highest BCUT2D eigenvalue weighted by Crippen LogP contribution is 2.28. The molecule has 0 fully saturated rings. The van der Waals surface area contributed by atoms with Crippen molar-refractivity contribution in [3.63, 3.8) is 0 Å². The van der Waals surface area contributed by atoms with E-state index in [0.717, 1.165) is 11.1 Å². The first-order chi connectivity index (χ1) is 7.09. The van der Waals surface area contributed by atoms with Gasteiger partial charge in [-0.15, -0.1) is 22.7 Å². The Morgan fingerprint density at radius 2 is 2.07 bits per heavy atom. The Balaban J connectivity index is 2.41. The van der Waals surface area contributed by atoms with Crippen LogP contribution in [0.4, 0.5) is 0 Å². The summed E-state index contributed by atoms with van der Waals surface area (Å²) >= 11 is 8.75. The van der Waals surface area contributed by atoms with Gasteiger partial charge in [-0.3, -0.25) is 4.79 Å². The van der Waals surface area contributed by atoms with Crippen molar-refractivity contribution in [3.05, 3.63) is 42.7 Å². The standard InChI is InChI=1S/C11H9ClOS2/c1-6-7(2)14-5-8(6)11(13)9-3-4-10(12)15-9/h3-5H,1-2H3. The average Bonchev–Trinajstić information content (AvgIpc) is 2.75. The average molecular weight is 257 g/mol. The number of carbonyl (C=O) groups is 1.